The Balaban J connectivity index is 0.000000185. The highest BCUT2D eigenvalue weighted by Gasteiger charge is 2.07. The van der Waals surface area contributed by atoms with E-state index < -0.39 is 0 Å². The molecule has 0 aliphatic heterocycles. The Hall–Kier alpha value is -1.83. The second-order valence-corrected chi connectivity index (χ2v) is 4.67. The lowest BCUT2D eigenvalue weighted by molar-refractivity contribution is -0.138. The lowest BCUT2D eigenvalue weighted by Crippen LogP contribution is -2.17. The third-order valence-electron chi connectivity index (χ3n) is 2.06. The van der Waals surface area contributed by atoms with Crippen LogP contribution in [0.5, 0.6) is 0 Å². The van der Waals surface area contributed by atoms with E-state index in [4.69, 9.17) is 0 Å². The lowest BCUT2D eigenvalue weighted by Gasteiger charge is -2.14. The normalized spacial score (nSPS) is 10.3. The molecule has 2 nitrogen and oxygen atoms in total. The molecule has 2 rings (SSSR count). The first-order chi connectivity index (χ1) is 8.03. The van der Waals surface area contributed by atoms with Crippen molar-refractivity contribution in [3.8, 4) is 11.1 Å². The fraction of sp³-hybridized carbons (Fsp3) is 0.267. The average Bonchev–Trinajstić information content (AvgIpc) is 2.55. The molecule has 0 spiro atoms. The van der Waals surface area contributed by atoms with Crippen LogP contribution in [-0.2, 0) is 9.53 Å². The molecule has 0 bridgehead atoms. The van der Waals surface area contributed by atoms with E-state index in [1.807, 2.05) is 26.8 Å². The van der Waals surface area contributed by atoms with E-state index >= 15 is 0 Å². The van der Waals surface area contributed by atoms with Crippen molar-refractivity contribution in [2.24, 2.45) is 0 Å². The number of carbonyl (C=O) groups is 1. The number of fused-ring (bicyclic) bond motifs is 1. The van der Waals surface area contributed by atoms with E-state index in [1.165, 1.54) is 11.1 Å². The molecular formula is C15H18O2. The maximum atomic E-state index is 9.60. The summed E-state index contributed by atoms with van der Waals surface area (Å²) in [6, 6.07) is 16.7. The second kappa shape index (κ2) is 6.04. The molecule has 0 fully saturated rings. The van der Waals surface area contributed by atoms with Gasteiger partial charge in [0.25, 0.3) is 6.47 Å². The zero-order valence-electron chi connectivity index (χ0n) is 10.5. The van der Waals surface area contributed by atoms with Gasteiger partial charge in [-0.2, -0.15) is 0 Å². The van der Waals surface area contributed by atoms with Gasteiger partial charge in [-0.1, -0.05) is 48.5 Å². The topological polar surface area (TPSA) is 26.3 Å². The summed E-state index contributed by atoms with van der Waals surface area (Å²) in [7, 11) is 0. The molecule has 0 radical (unpaired) electrons. The third-order valence-corrected chi connectivity index (χ3v) is 2.06. The van der Waals surface area contributed by atoms with Gasteiger partial charge >= 0.3 is 0 Å². The predicted octanol–water partition coefficient (Wildman–Crippen LogP) is 3.75. The van der Waals surface area contributed by atoms with E-state index in [0.717, 1.165) is 0 Å². The van der Waals surface area contributed by atoms with Gasteiger partial charge in [0.05, 0.1) is 0 Å². The van der Waals surface area contributed by atoms with Crippen LogP contribution in [0.15, 0.2) is 48.5 Å². The fourth-order valence-electron chi connectivity index (χ4n) is 1.28. The molecule has 90 valence electrons. The number of carbonyl (C=O) groups excluding carboxylic acids is 1. The summed E-state index contributed by atoms with van der Waals surface area (Å²) in [4.78, 5) is 9.60. The monoisotopic (exact) mass is 230 g/mol. The number of rotatable bonds is 1. The summed E-state index contributed by atoms with van der Waals surface area (Å²) in [6.45, 7) is 5.92. The average molecular weight is 230 g/mol. The maximum absolute atomic E-state index is 9.60. The van der Waals surface area contributed by atoms with Gasteiger partial charge in [0.2, 0.25) is 0 Å². The van der Waals surface area contributed by atoms with Crippen LogP contribution in [0.2, 0.25) is 0 Å². The van der Waals surface area contributed by atoms with Gasteiger partial charge in [-0.15, -0.1) is 0 Å². The second-order valence-electron chi connectivity index (χ2n) is 4.67. The summed E-state index contributed by atoms with van der Waals surface area (Å²) < 4.78 is 4.55. The van der Waals surface area contributed by atoms with Gasteiger partial charge in [0.15, 0.2) is 0 Å². The Morgan fingerprint density at radius 1 is 0.882 bits per heavy atom. The molecule has 0 unspecified atom stereocenters. The first-order valence-electron chi connectivity index (χ1n) is 5.58. The van der Waals surface area contributed by atoms with Crippen LogP contribution in [0.25, 0.3) is 11.1 Å². The van der Waals surface area contributed by atoms with Crippen molar-refractivity contribution in [3.63, 3.8) is 0 Å². The van der Waals surface area contributed by atoms with Crippen LogP contribution < -0.4 is 0 Å². The molecule has 0 aromatic rings. The molecule has 2 heteroatoms. The van der Waals surface area contributed by atoms with Crippen LogP contribution in [0, 0.1) is 0 Å². The molecule has 2 aliphatic carbocycles. The minimum Gasteiger partial charge on any atom is -0.462 e. The largest absolute Gasteiger partial charge is 0.462 e. The molecule has 0 aromatic heterocycles. The van der Waals surface area contributed by atoms with Gasteiger partial charge < -0.3 is 4.74 Å². The number of hydrogen-bond acceptors (Lipinski definition) is 2. The minimum absolute atomic E-state index is 0.318. The third kappa shape index (κ3) is 5.16. The molecule has 2 aliphatic rings. The Morgan fingerprint density at radius 2 is 1.35 bits per heavy atom. The van der Waals surface area contributed by atoms with E-state index in [9.17, 15) is 4.79 Å². The van der Waals surface area contributed by atoms with Gasteiger partial charge in [-0.25, -0.2) is 0 Å². The molecule has 0 aromatic carbocycles. The van der Waals surface area contributed by atoms with Crippen LogP contribution in [0.3, 0.4) is 0 Å². The summed E-state index contributed by atoms with van der Waals surface area (Å²) >= 11 is 0. The van der Waals surface area contributed by atoms with Gasteiger partial charge in [0.1, 0.15) is 5.60 Å². The standard InChI is InChI=1S/C10H8.C5H10O2/c1-2-5-9-7-4-8-10(9)6-3-1;1-5(2,3)7-4-6/h1-8H;4H,1-3H3. The molecule has 0 amide bonds. The zero-order chi connectivity index (χ0) is 12.7. The summed E-state index contributed by atoms with van der Waals surface area (Å²) in [5, 5.41) is 0. The summed E-state index contributed by atoms with van der Waals surface area (Å²) in [5.41, 5.74) is 2.30. The van der Waals surface area contributed by atoms with Crippen molar-refractivity contribution in [2.75, 3.05) is 0 Å². The molecular weight excluding hydrogens is 212 g/mol. The van der Waals surface area contributed by atoms with Crippen molar-refractivity contribution in [3.05, 3.63) is 48.5 Å². The Morgan fingerprint density at radius 3 is 1.71 bits per heavy atom. The van der Waals surface area contributed by atoms with Crippen LogP contribution in [0.4, 0.5) is 0 Å². The highest BCUT2D eigenvalue weighted by Crippen LogP contribution is 2.19. The van der Waals surface area contributed by atoms with Gasteiger partial charge in [-0.3, -0.25) is 4.79 Å². The van der Waals surface area contributed by atoms with Crippen LogP contribution in [-0.4, -0.2) is 12.1 Å². The highest BCUT2D eigenvalue weighted by atomic mass is 16.5. The van der Waals surface area contributed by atoms with E-state index in [-0.39, 0.29) is 5.60 Å². The Kier molecular flexibility index (Phi) is 4.70. The fourth-order valence-corrected chi connectivity index (χ4v) is 1.28. The summed E-state index contributed by atoms with van der Waals surface area (Å²) in [5.74, 6) is 0. The summed E-state index contributed by atoms with van der Waals surface area (Å²) in [6.07, 6.45) is 0. The van der Waals surface area contributed by atoms with Gasteiger partial charge in [0, 0.05) is 0 Å². The van der Waals surface area contributed by atoms with Crippen molar-refractivity contribution in [2.45, 2.75) is 26.4 Å². The van der Waals surface area contributed by atoms with Gasteiger partial charge in [-0.05, 0) is 31.9 Å². The van der Waals surface area contributed by atoms with Crippen LogP contribution >= 0.6 is 0 Å². The molecule has 0 atom stereocenters. The van der Waals surface area contributed by atoms with Crippen molar-refractivity contribution in [1.82, 2.24) is 0 Å². The highest BCUT2D eigenvalue weighted by molar-refractivity contribution is 5.65. The Labute approximate surface area is 103 Å². The smallest absolute Gasteiger partial charge is 0.293 e. The molecule has 17 heavy (non-hydrogen) atoms. The van der Waals surface area contributed by atoms with E-state index in [0.29, 0.717) is 6.47 Å². The Bertz CT molecular complexity index is 401. The first kappa shape index (κ1) is 13.2. The van der Waals surface area contributed by atoms with E-state index in [2.05, 4.69) is 47.2 Å². The molecule has 0 N–H and O–H groups in total. The zero-order valence-corrected chi connectivity index (χ0v) is 10.5. The van der Waals surface area contributed by atoms with Crippen LogP contribution in [0.1, 0.15) is 20.8 Å². The number of ether oxygens (including phenoxy) is 1. The minimum atomic E-state index is -0.318. The molecule has 0 saturated carbocycles. The lowest BCUT2D eigenvalue weighted by atomic mass is 10.2. The van der Waals surface area contributed by atoms with Crippen molar-refractivity contribution >= 4 is 6.47 Å². The van der Waals surface area contributed by atoms with Crippen molar-refractivity contribution < 1.29 is 9.53 Å². The first-order valence-corrected chi connectivity index (χ1v) is 5.58. The number of hydrogen-bond donors (Lipinski definition) is 0. The quantitative estimate of drug-likeness (QED) is 0.697. The SMILES string of the molecule is CC(C)(C)OC=O.c1ccc2cccc-2cc1. The maximum Gasteiger partial charge on any atom is 0.293 e. The van der Waals surface area contributed by atoms with Crippen molar-refractivity contribution in [1.29, 1.82) is 0 Å². The molecule has 0 saturated heterocycles. The predicted molar refractivity (Wildman–Crippen MR) is 70.0 cm³/mol. The van der Waals surface area contributed by atoms with E-state index in [1.54, 1.807) is 0 Å². The molecule has 0 heterocycles.